The Hall–Kier alpha value is -2.29. The average molecular weight is 302 g/mol. The highest BCUT2D eigenvalue weighted by Gasteiger charge is 2.32. The molecule has 6 nitrogen and oxygen atoms in total. The van der Waals surface area contributed by atoms with E-state index >= 15 is 0 Å². The molecular weight excluding hydrogens is 280 g/mol. The Kier molecular flexibility index (Phi) is 4.86. The van der Waals surface area contributed by atoms with Gasteiger partial charge < -0.3 is 15.0 Å². The predicted octanol–water partition coefficient (Wildman–Crippen LogP) is 2.76. The lowest BCUT2D eigenvalue weighted by Gasteiger charge is -2.28. The predicted molar refractivity (Wildman–Crippen MR) is 83.4 cm³/mol. The summed E-state index contributed by atoms with van der Waals surface area (Å²) in [6.07, 6.45) is 3.24. The van der Waals surface area contributed by atoms with Crippen LogP contribution in [0.5, 0.6) is 0 Å². The molecule has 22 heavy (non-hydrogen) atoms. The van der Waals surface area contributed by atoms with Crippen LogP contribution in [0.15, 0.2) is 18.3 Å². The normalized spacial score (nSPS) is 17.9. The van der Waals surface area contributed by atoms with E-state index in [1.165, 1.54) is 0 Å². The number of hydrogen-bond donors (Lipinski definition) is 1. The fourth-order valence-electron chi connectivity index (χ4n) is 2.46. The molecule has 0 aliphatic carbocycles. The second-order valence-corrected chi connectivity index (χ2v) is 6.36. The zero-order chi connectivity index (χ0) is 16.2. The van der Waals surface area contributed by atoms with Gasteiger partial charge in [0.05, 0.1) is 11.6 Å². The maximum absolute atomic E-state index is 12.2. The van der Waals surface area contributed by atoms with E-state index in [0.29, 0.717) is 24.5 Å². The van der Waals surface area contributed by atoms with E-state index in [2.05, 4.69) is 16.4 Å². The Morgan fingerprint density at radius 2 is 2.36 bits per heavy atom. The third kappa shape index (κ3) is 4.10. The van der Waals surface area contributed by atoms with Gasteiger partial charge in [-0.15, -0.1) is 0 Å². The highest BCUT2D eigenvalue weighted by Crippen LogP contribution is 2.21. The molecule has 118 valence electrons. The number of carbonyl (C=O) groups is 1. The third-order valence-corrected chi connectivity index (χ3v) is 3.44. The third-order valence-electron chi connectivity index (χ3n) is 3.44. The van der Waals surface area contributed by atoms with Crippen molar-refractivity contribution in [3.8, 4) is 6.07 Å². The molecule has 2 heterocycles. The number of hydrogen-bond acceptors (Lipinski definition) is 5. The second kappa shape index (κ2) is 6.65. The maximum Gasteiger partial charge on any atom is 0.410 e. The van der Waals surface area contributed by atoms with E-state index in [0.717, 1.165) is 12.8 Å². The molecule has 0 unspecified atom stereocenters. The summed E-state index contributed by atoms with van der Waals surface area (Å²) >= 11 is 0. The van der Waals surface area contributed by atoms with E-state index in [-0.39, 0.29) is 12.1 Å². The van der Waals surface area contributed by atoms with Crippen LogP contribution in [-0.2, 0) is 4.74 Å². The van der Waals surface area contributed by atoms with Gasteiger partial charge in [-0.1, -0.05) is 0 Å². The van der Waals surface area contributed by atoms with Crippen molar-refractivity contribution >= 4 is 11.9 Å². The van der Waals surface area contributed by atoms with Gasteiger partial charge >= 0.3 is 6.09 Å². The molecule has 1 amide bonds. The second-order valence-electron chi connectivity index (χ2n) is 6.36. The minimum Gasteiger partial charge on any atom is -0.444 e. The lowest BCUT2D eigenvalue weighted by Crippen LogP contribution is -2.42. The number of aromatic nitrogens is 1. The first-order chi connectivity index (χ1) is 10.4. The maximum atomic E-state index is 12.2. The molecule has 0 radical (unpaired) electrons. The van der Waals surface area contributed by atoms with Gasteiger partial charge in [0, 0.05) is 19.3 Å². The largest absolute Gasteiger partial charge is 0.444 e. The summed E-state index contributed by atoms with van der Waals surface area (Å²) < 4.78 is 5.44. The van der Waals surface area contributed by atoms with Crippen molar-refractivity contribution in [2.75, 3.05) is 18.4 Å². The summed E-state index contributed by atoms with van der Waals surface area (Å²) in [7, 11) is 0. The number of nitriles is 1. The minimum atomic E-state index is -0.493. The van der Waals surface area contributed by atoms with Gasteiger partial charge in [-0.25, -0.2) is 9.78 Å². The molecule has 1 fully saturated rings. The van der Waals surface area contributed by atoms with Crippen LogP contribution in [0.2, 0.25) is 0 Å². The quantitative estimate of drug-likeness (QED) is 0.929. The number of amides is 1. The molecule has 1 aromatic heterocycles. The number of ether oxygens (including phenoxy) is 1. The van der Waals surface area contributed by atoms with Crippen LogP contribution in [-0.4, -0.2) is 40.7 Å². The molecule has 0 aromatic carbocycles. The van der Waals surface area contributed by atoms with Crippen LogP contribution >= 0.6 is 0 Å². The van der Waals surface area contributed by atoms with Crippen molar-refractivity contribution in [3.05, 3.63) is 23.9 Å². The highest BCUT2D eigenvalue weighted by molar-refractivity contribution is 5.69. The molecule has 1 aliphatic heterocycles. The van der Waals surface area contributed by atoms with E-state index in [9.17, 15) is 4.79 Å². The van der Waals surface area contributed by atoms with Crippen LogP contribution in [0.1, 0.15) is 39.2 Å². The molecule has 1 N–H and O–H groups in total. The number of rotatable bonds is 3. The van der Waals surface area contributed by atoms with Crippen LogP contribution in [0, 0.1) is 11.3 Å². The molecule has 1 aromatic rings. The zero-order valence-corrected chi connectivity index (χ0v) is 13.3. The van der Waals surface area contributed by atoms with Crippen molar-refractivity contribution in [1.29, 1.82) is 5.26 Å². The molecule has 1 aliphatic rings. The first kappa shape index (κ1) is 16.1. The summed E-state index contributed by atoms with van der Waals surface area (Å²) in [5.41, 5.74) is 0.0106. The molecule has 2 rings (SSSR count). The molecule has 0 bridgehead atoms. The molecule has 6 heteroatoms. The van der Waals surface area contributed by atoms with Gasteiger partial charge in [0.25, 0.3) is 0 Å². The summed E-state index contributed by atoms with van der Waals surface area (Å²) in [4.78, 5) is 18.1. The lowest BCUT2D eigenvalue weighted by molar-refractivity contribution is 0.0235. The van der Waals surface area contributed by atoms with Crippen LogP contribution in [0.25, 0.3) is 0 Å². The lowest BCUT2D eigenvalue weighted by atomic mass is 10.2. The Bertz CT molecular complexity index is 574. The van der Waals surface area contributed by atoms with Gasteiger partial charge in [-0.3, -0.25) is 0 Å². The fourth-order valence-corrected chi connectivity index (χ4v) is 2.46. The van der Waals surface area contributed by atoms with Gasteiger partial charge in [0.2, 0.25) is 0 Å². The van der Waals surface area contributed by atoms with Crippen molar-refractivity contribution in [2.24, 2.45) is 0 Å². The average Bonchev–Trinajstić information content (AvgIpc) is 2.92. The topological polar surface area (TPSA) is 78.2 Å². The van der Waals surface area contributed by atoms with Crippen LogP contribution in [0.3, 0.4) is 0 Å². The van der Waals surface area contributed by atoms with Crippen molar-refractivity contribution < 1.29 is 9.53 Å². The molecule has 1 saturated heterocycles. The number of pyridine rings is 1. The van der Waals surface area contributed by atoms with E-state index in [4.69, 9.17) is 10.00 Å². The number of anilines is 1. The molecule has 0 spiro atoms. The van der Waals surface area contributed by atoms with E-state index < -0.39 is 5.60 Å². The highest BCUT2D eigenvalue weighted by atomic mass is 16.6. The number of nitrogens with one attached hydrogen (secondary N) is 1. The first-order valence-electron chi connectivity index (χ1n) is 7.49. The SMILES string of the molecule is CC(C)(C)OC(=O)N1CCC[C@@H]1CNc1ncccc1C#N. The first-order valence-corrected chi connectivity index (χ1v) is 7.49. The van der Waals surface area contributed by atoms with E-state index in [1.807, 2.05) is 20.8 Å². The molecular formula is C16H22N4O2. The van der Waals surface area contributed by atoms with Gasteiger partial charge in [0.15, 0.2) is 0 Å². The number of nitrogens with zero attached hydrogens (tertiary/aromatic N) is 3. The summed E-state index contributed by atoms with van der Waals surface area (Å²) in [5, 5.41) is 12.2. The monoisotopic (exact) mass is 302 g/mol. The van der Waals surface area contributed by atoms with Gasteiger partial charge in [-0.05, 0) is 45.7 Å². The summed E-state index contributed by atoms with van der Waals surface area (Å²) in [6.45, 7) is 6.85. The van der Waals surface area contributed by atoms with E-state index in [1.54, 1.807) is 23.2 Å². The van der Waals surface area contributed by atoms with Gasteiger partial charge in [0.1, 0.15) is 17.5 Å². The van der Waals surface area contributed by atoms with Gasteiger partial charge in [-0.2, -0.15) is 5.26 Å². The number of likely N-dealkylation sites (tertiary alicyclic amines) is 1. The summed E-state index contributed by atoms with van der Waals surface area (Å²) in [5.74, 6) is 0.557. The number of carbonyl (C=O) groups excluding carboxylic acids is 1. The Balaban J connectivity index is 1.97. The smallest absolute Gasteiger partial charge is 0.410 e. The minimum absolute atomic E-state index is 0.0587. The Morgan fingerprint density at radius 3 is 3.05 bits per heavy atom. The Labute approximate surface area is 131 Å². The van der Waals surface area contributed by atoms with Crippen molar-refractivity contribution in [2.45, 2.75) is 45.3 Å². The Morgan fingerprint density at radius 1 is 1.59 bits per heavy atom. The standard InChI is InChI=1S/C16H22N4O2/c1-16(2,3)22-15(21)20-9-5-7-13(20)11-19-14-12(10-17)6-4-8-18-14/h4,6,8,13H,5,7,9,11H2,1-3H3,(H,18,19)/t13-/m1/s1. The van der Waals surface area contributed by atoms with Crippen molar-refractivity contribution in [3.63, 3.8) is 0 Å². The fraction of sp³-hybridized carbons (Fsp3) is 0.562. The molecule has 0 saturated carbocycles. The zero-order valence-electron chi connectivity index (χ0n) is 13.3. The van der Waals surface area contributed by atoms with Crippen LogP contribution in [0.4, 0.5) is 10.6 Å². The summed E-state index contributed by atoms with van der Waals surface area (Å²) in [6, 6.07) is 5.61. The van der Waals surface area contributed by atoms with Crippen molar-refractivity contribution in [1.82, 2.24) is 9.88 Å². The van der Waals surface area contributed by atoms with Crippen LogP contribution < -0.4 is 5.32 Å². The molecule has 1 atom stereocenters.